The Balaban J connectivity index is 1.89. The molecule has 1 heterocycles. The first-order valence-electron chi connectivity index (χ1n) is 5.35. The molecule has 0 aliphatic heterocycles. The van der Waals surface area contributed by atoms with Crippen molar-refractivity contribution in [2.24, 2.45) is 5.41 Å². The first-order valence-corrected chi connectivity index (χ1v) is 8.29. The van der Waals surface area contributed by atoms with Crippen LogP contribution >= 0.6 is 54.8 Å². The smallest absolute Gasteiger partial charge is 0.261 e. The summed E-state index contributed by atoms with van der Waals surface area (Å²) >= 11 is 14.0. The summed E-state index contributed by atoms with van der Waals surface area (Å²) in [5, 5.41) is 3.00. The van der Waals surface area contributed by atoms with Crippen LogP contribution in [0, 0.1) is 5.41 Å². The van der Waals surface area contributed by atoms with Gasteiger partial charge in [0.25, 0.3) is 5.91 Å². The van der Waals surface area contributed by atoms with E-state index < -0.39 is 0 Å². The Bertz CT molecular complexity index is 412. The van der Waals surface area contributed by atoms with Crippen molar-refractivity contribution >= 4 is 60.7 Å². The lowest BCUT2D eigenvalue weighted by molar-refractivity contribution is 0.0948. The lowest BCUT2D eigenvalue weighted by Gasteiger charge is -2.13. The van der Waals surface area contributed by atoms with E-state index in [9.17, 15) is 4.79 Å². The number of carbonyl (C=O) groups excluding carboxylic acids is 1. The molecule has 1 fully saturated rings. The van der Waals surface area contributed by atoms with Gasteiger partial charge in [0.1, 0.15) is 0 Å². The Hall–Kier alpha value is 0.420. The van der Waals surface area contributed by atoms with Crippen LogP contribution in [0.25, 0.3) is 0 Å². The molecular formula is C11H12Br2ClNOS. The number of nitrogens with one attached hydrogen (secondary N) is 1. The third kappa shape index (κ3) is 3.46. The van der Waals surface area contributed by atoms with E-state index in [1.54, 1.807) is 0 Å². The van der Waals surface area contributed by atoms with E-state index in [-0.39, 0.29) is 11.3 Å². The normalized spacial score (nSPS) is 16.9. The van der Waals surface area contributed by atoms with Gasteiger partial charge in [0.15, 0.2) is 0 Å². The van der Waals surface area contributed by atoms with Gasteiger partial charge >= 0.3 is 0 Å². The molecule has 0 atom stereocenters. The van der Waals surface area contributed by atoms with Crippen LogP contribution < -0.4 is 5.32 Å². The second-order valence-corrected chi connectivity index (χ2v) is 7.96. The fourth-order valence-electron chi connectivity index (χ4n) is 1.71. The minimum absolute atomic E-state index is 0.00208. The average molecular weight is 402 g/mol. The average Bonchev–Trinajstić information content (AvgIpc) is 2.97. The predicted molar refractivity (Wildman–Crippen MR) is 79.1 cm³/mol. The summed E-state index contributed by atoms with van der Waals surface area (Å²) in [6, 6.07) is 1.84. The van der Waals surface area contributed by atoms with Crippen LogP contribution in [0.3, 0.4) is 0 Å². The van der Waals surface area contributed by atoms with Crippen molar-refractivity contribution in [2.45, 2.75) is 19.3 Å². The number of hydrogen-bond acceptors (Lipinski definition) is 2. The number of thiophene rings is 1. The highest BCUT2D eigenvalue weighted by Crippen LogP contribution is 2.48. The maximum Gasteiger partial charge on any atom is 0.261 e. The second kappa shape index (κ2) is 5.59. The highest BCUT2D eigenvalue weighted by atomic mass is 79.9. The van der Waals surface area contributed by atoms with Crippen molar-refractivity contribution in [3.8, 4) is 0 Å². The van der Waals surface area contributed by atoms with Crippen molar-refractivity contribution in [3.63, 3.8) is 0 Å². The van der Waals surface area contributed by atoms with Crippen molar-refractivity contribution < 1.29 is 4.79 Å². The SMILES string of the molecule is O=C(NCC1(CCCl)CC1)c1cc(Br)c(Br)s1. The minimum Gasteiger partial charge on any atom is -0.351 e. The quantitative estimate of drug-likeness (QED) is 0.728. The maximum atomic E-state index is 11.9. The van der Waals surface area contributed by atoms with E-state index in [2.05, 4.69) is 37.2 Å². The van der Waals surface area contributed by atoms with Gasteiger partial charge in [-0.1, -0.05) is 0 Å². The van der Waals surface area contributed by atoms with E-state index in [1.165, 1.54) is 24.2 Å². The Kier molecular flexibility index (Phi) is 4.55. The van der Waals surface area contributed by atoms with Gasteiger partial charge in [-0.05, 0) is 62.6 Å². The number of rotatable bonds is 5. The van der Waals surface area contributed by atoms with E-state index in [0.717, 1.165) is 26.1 Å². The van der Waals surface area contributed by atoms with Gasteiger partial charge < -0.3 is 5.32 Å². The van der Waals surface area contributed by atoms with E-state index >= 15 is 0 Å². The van der Waals surface area contributed by atoms with Crippen molar-refractivity contribution in [1.82, 2.24) is 5.32 Å². The molecule has 0 saturated heterocycles. The molecule has 6 heteroatoms. The molecule has 1 saturated carbocycles. The largest absolute Gasteiger partial charge is 0.351 e. The zero-order valence-corrected chi connectivity index (χ0v) is 13.8. The van der Waals surface area contributed by atoms with Gasteiger partial charge in [0.2, 0.25) is 0 Å². The Labute approximate surface area is 126 Å². The van der Waals surface area contributed by atoms with Crippen LogP contribution in [-0.4, -0.2) is 18.3 Å². The zero-order valence-electron chi connectivity index (χ0n) is 9.06. The molecule has 0 unspecified atom stereocenters. The molecule has 0 radical (unpaired) electrons. The molecule has 17 heavy (non-hydrogen) atoms. The molecule has 0 aromatic carbocycles. The minimum atomic E-state index is 0.00208. The summed E-state index contributed by atoms with van der Waals surface area (Å²) in [5.74, 6) is 0.675. The van der Waals surface area contributed by atoms with Gasteiger partial charge in [-0.25, -0.2) is 0 Å². The van der Waals surface area contributed by atoms with Crippen LogP contribution in [0.4, 0.5) is 0 Å². The summed E-state index contributed by atoms with van der Waals surface area (Å²) in [5.41, 5.74) is 0.281. The monoisotopic (exact) mass is 399 g/mol. The van der Waals surface area contributed by atoms with Crippen LogP contribution in [0.5, 0.6) is 0 Å². The summed E-state index contributed by atoms with van der Waals surface area (Å²) in [6.45, 7) is 0.742. The van der Waals surface area contributed by atoms with E-state index in [4.69, 9.17) is 11.6 Å². The Morgan fingerprint density at radius 1 is 1.53 bits per heavy atom. The van der Waals surface area contributed by atoms with Crippen molar-refractivity contribution in [1.29, 1.82) is 0 Å². The van der Waals surface area contributed by atoms with Gasteiger partial charge in [0.05, 0.1) is 8.66 Å². The summed E-state index contributed by atoms with van der Waals surface area (Å²) in [7, 11) is 0. The standard InChI is InChI=1S/C11H12Br2ClNOS/c12-7-5-8(17-9(7)13)10(16)15-6-11(1-2-11)3-4-14/h5H,1-4,6H2,(H,15,16). The second-order valence-electron chi connectivity index (χ2n) is 4.35. The number of amides is 1. The fraction of sp³-hybridized carbons (Fsp3) is 0.545. The maximum absolute atomic E-state index is 11.9. The molecule has 1 aromatic heterocycles. The van der Waals surface area contributed by atoms with Crippen LogP contribution in [0.1, 0.15) is 28.9 Å². The van der Waals surface area contributed by atoms with Gasteiger partial charge in [-0.2, -0.15) is 0 Å². The summed E-state index contributed by atoms with van der Waals surface area (Å²) < 4.78 is 1.87. The third-order valence-electron chi connectivity index (χ3n) is 3.07. The van der Waals surface area contributed by atoms with Crippen molar-refractivity contribution in [3.05, 3.63) is 19.2 Å². The molecule has 94 valence electrons. The number of carbonyl (C=O) groups is 1. The molecular weight excluding hydrogens is 389 g/mol. The van der Waals surface area contributed by atoms with E-state index in [1.807, 2.05) is 6.07 Å². The molecule has 1 aromatic rings. The molecule has 0 bridgehead atoms. The predicted octanol–water partition coefficient (Wildman–Crippen LogP) is 4.41. The van der Waals surface area contributed by atoms with Crippen LogP contribution in [-0.2, 0) is 0 Å². The number of halogens is 3. The summed E-state index contributed by atoms with van der Waals surface area (Å²) in [4.78, 5) is 12.6. The number of hydrogen-bond donors (Lipinski definition) is 1. The first-order chi connectivity index (χ1) is 8.06. The molecule has 1 aliphatic rings. The first kappa shape index (κ1) is 13.8. The topological polar surface area (TPSA) is 29.1 Å². The van der Waals surface area contributed by atoms with Gasteiger partial charge in [-0.15, -0.1) is 22.9 Å². The molecule has 2 nitrogen and oxygen atoms in total. The van der Waals surface area contributed by atoms with Gasteiger partial charge in [-0.3, -0.25) is 4.79 Å². The highest BCUT2D eigenvalue weighted by Gasteiger charge is 2.41. The molecule has 2 rings (SSSR count). The van der Waals surface area contributed by atoms with E-state index in [0.29, 0.717) is 5.88 Å². The Morgan fingerprint density at radius 2 is 2.24 bits per heavy atom. The van der Waals surface area contributed by atoms with Crippen molar-refractivity contribution in [2.75, 3.05) is 12.4 Å². The lowest BCUT2D eigenvalue weighted by Crippen LogP contribution is -2.29. The van der Waals surface area contributed by atoms with Gasteiger partial charge in [0, 0.05) is 16.9 Å². The molecule has 1 N–H and O–H groups in total. The fourth-order valence-corrected chi connectivity index (χ4v) is 4.06. The number of alkyl halides is 1. The van der Waals surface area contributed by atoms with Crippen LogP contribution in [0.2, 0.25) is 0 Å². The lowest BCUT2D eigenvalue weighted by atomic mass is 10.0. The third-order valence-corrected chi connectivity index (χ3v) is 6.52. The highest BCUT2D eigenvalue weighted by molar-refractivity contribution is 9.13. The molecule has 0 spiro atoms. The van der Waals surface area contributed by atoms with Crippen LogP contribution in [0.15, 0.2) is 14.3 Å². The summed E-state index contributed by atoms with van der Waals surface area (Å²) in [6.07, 6.45) is 3.35. The molecule has 1 aliphatic carbocycles. The molecule has 1 amide bonds. The Morgan fingerprint density at radius 3 is 2.71 bits per heavy atom. The zero-order chi connectivity index (χ0) is 12.5.